The number of rotatable bonds is 6. The molecule has 1 aromatic carbocycles. The Labute approximate surface area is 135 Å². The van der Waals surface area contributed by atoms with Gasteiger partial charge < -0.3 is 9.64 Å². The molecular weight excluding hydrogens is 320 g/mol. The van der Waals surface area contributed by atoms with E-state index in [-0.39, 0.29) is 6.10 Å². The molecule has 0 aliphatic rings. The smallest absolute Gasteiger partial charge is 0.175 e. The Morgan fingerprint density at radius 3 is 2.50 bits per heavy atom. The predicted molar refractivity (Wildman–Crippen MR) is 89.2 cm³/mol. The Kier molecular flexibility index (Phi) is 5.20. The van der Waals surface area contributed by atoms with Gasteiger partial charge in [0, 0.05) is 31.5 Å². The van der Waals surface area contributed by atoms with Crippen LogP contribution in [-0.2, 0) is 21.1 Å². The lowest BCUT2D eigenvalue weighted by Crippen LogP contribution is -2.16. The predicted octanol–water partition coefficient (Wildman–Crippen LogP) is 2.89. The molecule has 0 N–H and O–H groups in total. The van der Waals surface area contributed by atoms with Crippen LogP contribution < -0.4 is 4.90 Å². The summed E-state index contributed by atoms with van der Waals surface area (Å²) in [5, 5.41) is 2.98. The fourth-order valence-corrected chi connectivity index (χ4v) is 3.44. The van der Waals surface area contributed by atoms with Gasteiger partial charge in [-0.25, -0.2) is 13.4 Å². The summed E-state index contributed by atoms with van der Waals surface area (Å²) in [4.78, 5) is 6.92. The number of hydrogen-bond acceptors (Lipinski definition) is 6. The molecule has 0 fully saturated rings. The highest BCUT2D eigenvalue weighted by molar-refractivity contribution is 7.90. The first kappa shape index (κ1) is 16.9. The molecule has 0 saturated heterocycles. The molecule has 0 radical (unpaired) electrons. The second kappa shape index (κ2) is 6.76. The third-order valence-corrected chi connectivity index (χ3v) is 5.56. The molecule has 0 spiro atoms. The van der Waals surface area contributed by atoms with Crippen molar-refractivity contribution in [2.45, 2.75) is 24.5 Å². The third-order valence-electron chi connectivity index (χ3n) is 3.38. The SMILES string of the molecule is COC(C)c1nc(CN(C)c2ccc(S(C)(=O)=O)cc2)cs1. The largest absolute Gasteiger partial charge is 0.375 e. The van der Waals surface area contributed by atoms with Gasteiger partial charge >= 0.3 is 0 Å². The average Bonchev–Trinajstić information content (AvgIpc) is 2.94. The summed E-state index contributed by atoms with van der Waals surface area (Å²) in [7, 11) is 0.464. The minimum absolute atomic E-state index is 0.00176. The highest BCUT2D eigenvalue weighted by Crippen LogP contribution is 2.23. The van der Waals surface area contributed by atoms with Gasteiger partial charge in [0.15, 0.2) is 9.84 Å². The lowest BCUT2D eigenvalue weighted by atomic mass is 10.3. The minimum Gasteiger partial charge on any atom is -0.375 e. The summed E-state index contributed by atoms with van der Waals surface area (Å²) >= 11 is 1.58. The van der Waals surface area contributed by atoms with Crippen LogP contribution in [0.1, 0.15) is 23.7 Å². The van der Waals surface area contributed by atoms with Crippen molar-refractivity contribution in [1.82, 2.24) is 4.98 Å². The topological polar surface area (TPSA) is 59.5 Å². The summed E-state index contributed by atoms with van der Waals surface area (Å²) in [5.41, 5.74) is 1.92. The fraction of sp³-hybridized carbons (Fsp3) is 0.400. The maximum Gasteiger partial charge on any atom is 0.175 e. The Morgan fingerprint density at radius 2 is 1.95 bits per heavy atom. The van der Waals surface area contributed by atoms with E-state index < -0.39 is 9.84 Å². The monoisotopic (exact) mass is 340 g/mol. The van der Waals surface area contributed by atoms with Gasteiger partial charge in [0.2, 0.25) is 0 Å². The maximum absolute atomic E-state index is 11.5. The number of anilines is 1. The van der Waals surface area contributed by atoms with Gasteiger partial charge in [-0.1, -0.05) is 0 Å². The van der Waals surface area contributed by atoms with Crippen molar-refractivity contribution in [2.75, 3.05) is 25.3 Å². The van der Waals surface area contributed by atoms with Gasteiger partial charge in [-0.05, 0) is 31.2 Å². The summed E-state index contributed by atoms with van der Waals surface area (Å²) in [6.07, 6.45) is 1.21. The molecule has 120 valence electrons. The van der Waals surface area contributed by atoms with Crippen LogP contribution in [0.25, 0.3) is 0 Å². The van der Waals surface area contributed by atoms with Gasteiger partial charge in [-0.2, -0.15) is 0 Å². The lowest BCUT2D eigenvalue weighted by Gasteiger charge is -2.18. The summed E-state index contributed by atoms with van der Waals surface area (Å²) in [6.45, 7) is 2.63. The van der Waals surface area contributed by atoms with Crippen LogP contribution in [0.5, 0.6) is 0 Å². The van der Waals surface area contributed by atoms with Gasteiger partial charge in [0.05, 0.1) is 17.1 Å². The fourth-order valence-electron chi connectivity index (χ4n) is 1.96. The number of nitrogens with zero attached hydrogens (tertiary/aromatic N) is 2. The summed E-state index contributed by atoms with van der Waals surface area (Å²) < 4.78 is 28.2. The number of sulfone groups is 1. The van der Waals surface area contributed by atoms with E-state index >= 15 is 0 Å². The molecular formula is C15H20N2O3S2. The Morgan fingerprint density at radius 1 is 1.32 bits per heavy atom. The first-order valence-electron chi connectivity index (χ1n) is 6.79. The summed E-state index contributed by atoms with van der Waals surface area (Å²) in [5.74, 6) is 0. The summed E-state index contributed by atoms with van der Waals surface area (Å²) in [6, 6.07) is 6.87. The number of methoxy groups -OCH3 is 1. The quantitative estimate of drug-likeness (QED) is 0.809. The number of ether oxygens (including phenoxy) is 1. The van der Waals surface area contributed by atoms with Gasteiger partial charge in [-0.15, -0.1) is 11.3 Å². The second-order valence-electron chi connectivity index (χ2n) is 5.18. The zero-order valence-electron chi connectivity index (χ0n) is 13.1. The first-order chi connectivity index (χ1) is 10.3. The molecule has 0 amide bonds. The Bertz CT molecular complexity index is 724. The number of hydrogen-bond donors (Lipinski definition) is 0. The highest BCUT2D eigenvalue weighted by atomic mass is 32.2. The van der Waals surface area contributed by atoms with E-state index in [9.17, 15) is 8.42 Å². The molecule has 2 aromatic rings. The zero-order valence-corrected chi connectivity index (χ0v) is 14.7. The highest BCUT2D eigenvalue weighted by Gasteiger charge is 2.12. The van der Waals surface area contributed by atoms with Gasteiger partial charge in [-0.3, -0.25) is 0 Å². The van der Waals surface area contributed by atoms with E-state index in [0.717, 1.165) is 16.4 Å². The zero-order chi connectivity index (χ0) is 16.3. The van der Waals surface area contributed by atoms with Crippen LogP contribution in [0.2, 0.25) is 0 Å². The van der Waals surface area contributed by atoms with E-state index in [2.05, 4.69) is 4.98 Å². The minimum atomic E-state index is -3.16. The van der Waals surface area contributed by atoms with Crippen LogP contribution in [0.4, 0.5) is 5.69 Å². The van der Waals surface area contributed by atoms with Crippen LogP contribution in [-0.4, -0.2) is 33.8 Å². The number of aromatic nitrogens is 1. The molecule has 1 unspecified atom stereocenters. The van der Waals surface area contributed by atoms with E-state index in [1.54, 1.807) is 42.7 Å². The Balaban J connectivity index is 2.09. The lowest BCUT2D eigenvalue weighted by molar-refractivity contribution is 0.119. The second-order valence-corrected chi connectivity index (χ2v) is 8.08. The van der Waals surface area contributed by atoms with Crippen molar-refractivity contribution in [3.63, 3.8) is 0 Å². The molecule has 1 heterocycles. The molecule has 1 atom stereocenters. The Hall–Kier alpha value is -1.44. The first-order valence-corrected chi connectivity index (χ1v) is 9.56. The molecule has 0 aliphatic carbocycles. The van der Waals surface area contributed by atoms with Crippen molar-refractivity contribution in [3.05, 3.63) is 40.3 Å². The van der Waals surface area contributed by atoms with Gasteiger partial charge in [0.25, 0.3) is 0 Å². The van der Waals surface area contributed by atoms with Crippen LogP contribution in [0.15, 0.2) is 34.5 Å². The van der Waals surface area contributed by atoms with Crippen molar-refractivity contribution >= 4 is 26.9 Å². The van der Waals surface area contributed by atoms with Crippen molar-refractivity contribution in [3.8, 4) is 0 Å². The van der Waals surface area contributed by atoms with Gasteiger partial charge in [0.1, 0.15) is 11.1 Å². The molecule has 22 heavy (non-hydrogen) atoms. The van der Waals surface area contributed by atoms with E-state index in [1.165, 1.54) is 6.26 Å². The van der Waals surface area contributed by atoms with Crippen LogP contribution in [0.3, 0.4) is 0 Å². The molecule has 0 aliphatic heterocycles. The normalized spacial score (nSPS) is 13.1. The molecule has 2 rings (SSSR count). The number of benzene rings is 1. The molecule has 0 bridgehead atoms. The van der Waals surface area contributed by atoms with Crippen LogP contribution in [0, 0.1) is 0 Å². The molecule has 7 heteroatoms. The maximum atomic E-state index is 11.5. The van der Waals surface area contributed by atoms with Crippen LogP contribution >= 0.6 is 11.3 Å². The van der Waals surface area contributed by atoms with Crippen molar-refractivity contribution in [1.29, 1.82) is 0 Å². The standard InChI is InChI=1S/C15H20N2O3S2/c1-11(20-3)15-16-12(10-21-15)9-17(2)13-5-7-14(8-6-13)22(4,18)19/h5-8,10-11H,9H2,1-4H3. The molecule has 5 nitrogen and oxygen atoms in total. The number of thiazole rings is 1. The van der Waals surface area contributed by atoms with E-state index in [0.29, 0.717) is 11.4 Å². The molecule has 0 saturated carbocycles. The van der Waals surface area contributed by atoms with E-state index in [4.69, 9.17) is 4.74 Å². The van der Waals surface area contributed by atoms with Crippen molar-refractivity contribution < 1.29 is 13.2 Å². The van der Waals surface area contributed by atoms with E-state index in [1.807, 2.05) is 24.3 Å². The third kappa shape index (κ3) is 4.06. The van der Waals surface area contributed by atoms with Crippen molar-refractivity contribution in [2.24, 2.45) is 0 Å². The molecule has 1 aromatic heterocycles. The average molecular weight is 340 g/mol.